The molecule has 0 unspecified atom stereocenters. The quantitative estimate of drug-likeness (QED) is 0.331. The molecule has 0 atom stereocenters. The molecule has 0 aliphatic rings. The summed E-state index contributed by atoms with van der Waals surface area (Å²) in [6, 6.07) is 0.292. The Hall–Kier alpha value is -1.06. The van der Waals surface area contributed by atoms with Crippen molar-refractivity contribution in [1.29, 1.82) is 0 Å². The number of nitrogens with two attached hydrogens (primary N) is 1. The molecule has 3 N–H and O–H groups in total. The molecular formula is C6H14N4. The van der Waals surface area contributed by atoms with E-state index in [2.05, 4.69) is 15.5 Å². The summed E-state index contributed by atoms with van der Waals surface area (Å²) in [6.45, 7) is 5.84. The van der Waals surface area contributed by atoms with Gasteiger partial charge in [0.15, 0.2) is 0 Å². The summed E-state index contributed by atoms with van der Waals surface area (Å²) < 4.78 is 0. The summed E-state index contributed by atoms with van der Waals surface area (Å²) in [6.07, 6.45) is 1.19. The predicted molar refractivity (Wildman–Crippen MR) is 44.1 cm³/mol. The van der Waals surface area contributed by atoms with E-state index in [0.717, 1.165) is 5.84 Å². The highest BCUT2D eigenvalue weighted by molar-refractivity contribution is 5.79. The van der Waals surface area contributed by atoms with Crippen LogP contribution >= 0.6 is 0 Å². The molecule has 0 aromatic rings. The van der Waals surface area contributed by atoms with E-state index in [9.17, 15) is 0 Å². The monoisotopic (exact) mass is 142 g/mol. The Morgan fingerprint density at radius 2 is 2.20 bits per heavy atom. The number of amidine groups is 1. The number of nitrogens with one attached hydrogen (secondary N) is 1. The fraction of sp³-hybridized carbons (Fsp3) is 0.667. The number of rotatable bonds is 2. The molecule has 4 heteroatoms. The summed E-state index contributed by atoms with van der Waals surface area (Å²) in [7, 11) is 0. The first kappa shape index (κ1) is 8.94. The van der Waals surface area contributed by atoms with Gasteiger partial charge in [0.2, 0.25) is 0 Å². The summed E-state index contributed by atoms with van der Waals surface area (Å²) >= 11 is 0. The zero-order chi connectivity index (χ0) is 7.98. The summed E-state index contributed by atoms with van der Waals surface area (Å²) in [5.74, 6) is 0.775. The molecule has 58 valence electrons. The van der Waals surface area contributed by atoms with Crippen molar-refractivity contribution in [3.05, 3.63) is 0 Å². The average Bonchev–Trinajstić information content (AvgIpc) is 1.82. The maximum atomic E-state index is 5.00. The molecule has 0 radical (unpaired) electrons. The standard InChI is InChI=1S/C6H14N4/c1-5(2)9-6(3)10-8-4-7/h4-5H,1-3H3,(H2,7,8)(H,9,10). The number of nitrogens with zero attached hydrogens (tertiary/aromatic N) is 2. The van der Waals surface area contributed by atoms with Crippen LogP contribution in [0.15, 0.2) is 10.1 Å². The van der Waals surface area contributed by atoms with Crippen LogP contribution < -0.4 is 11.2 Å². The number of hydrazone groups is 1. The largest absolute Gasteiger partial charge is 0.388 e. The third-order valence-corrected chi connectivity index (χ3v) is 0.753. The minimum Gasteiger partial charge on any atom is -0.388 e. The van der Waals surface area contributed by atoms with Crippen molar-refractivity contribution in [1.82, 2.24) is 5.43 Å². The van der Waals surface area contributed by atoms with E-state index in [0.29, 0.717) is 6.04 Å². The molecule has 0 bridgehead atoms. The zero-order valence-electron chi connectivity index (χ0n) is 6.63. The fourth-order valence-corrected chi connectivity index (χ4v) is 0.547. The molecule has 0 aromatic carbocycles. The molecule has 0 amide bonds. The van der Waals surface area contributed by atoms with Crippen LogP contribution in [0.3, 0.4) is 0 Å². The van der Waals surface area contributed by atoms with Crippen LogP contribution in [-0.2, 0) is 0 Å². The fourth-order valence-electron chi connectivity index (χ4n) is 0.547. The van der Waals surface area contributed by atoms with Crippen LogP contribution in [-0.4, -0.2) is 18.2 Å². The minimum absolute atomic E-state index is 0.292. The lowest BCUT2D eigenvalue weighted by atomic mass is 10.4. The predicted octanol–water partition coefficient (Wildman–Crippen LogP) is 0.305. The molecule has 0 saturated heterocycles. The Labute approximate surface area is 61.2 Å². The van der Waals surface area contributed by atoms with Crippen molar-refractivity contribution in [2.24, 2.45) is 15.8 Å². The van der Waals surface area contributed by atoms with Gasteiger partial charge in [-0.2, -0.15) is 5.10 Å². The molecular weight excluding hydrogens is 128 g/mol. The van der Waals surface area contributed by atoms with Gasteiger partial charge < -0.3 is 5.73 Å². The van der Waals surface area contributed by atoms with Gasteiger partial charge in [-0.1, -0.05) is 0 Å². The molecule has 4 nitrogen and oxygen atoms in total. The van der Waals surface area contributed by atoms with Crippen LogP contribution in [0.2, 0.25) is 0 Å². The first-order chi connectivity index (χ1) is 4.66. The van der Waals surface area contributed by atoms with E-state index in [-0.39, 0.29) is 0 Å². The third-order valence-electron chi connectivity index (χ3n) is 0.753. The lowest BCUT2D eigenvalue weighted by molar-refractivity contribution is 0.818. The molecule has 0 rings (SSSR count). The first-order valence-corrected chi connectivity index (χ1v) is 3.20. The van der Waals surface area contributed by atoms with Crippen LogP contribution in [0.4, 0.5) is 0 Å². The second kappa shape index (κ2) is 4.78. The van der Waals surface area contributed by atoms with E-state index >= 15 is 0 Å². The van der Waals surface area contributed by atoms with E-state index in [1.807, 2.05) is 20.8 Å². The van der Waals surface area contributed by atoms with E-state index in [1.54, 1.807) is 0 Å². The van der Waals surface area contributed by atoms with Gasteiger partial charge in [-0.3, -0.25) is 10.4 Å². The molecule has 0 saturated carbocycles. The Kier molecular flexibility index (Phi) is 4.28. The highest BCUT2D eigenvalue weighted by atomic mass is 15.3. The summed E-state index contributed by atoms with van der Waals surface area (Å²) in [4.78, 5) is 4.15. The second-order valence-electron chi connectivity index (χ2n) is 2.20. The number of aliphatic imine (C=N–C) groups is 1. The number of hydrogen-bond donors (Lipinski definition) is 2. The zero-order valence-corrected chi connectivity index (χ0v) is 6.63. The van der Waals surface area contributed by atoms with Crippen molar-refractivity contribution in [2.75, 3.05) is 0 Å². The van der Waals surface area contributed by atoms with Gasteiger partial charge in [-0.25, -0.2) is 0 Å². The van der Waals surface area contributed by atoms with E-state index < -0.39 is 0 Å². The van der Waals surface area contributed by atoms with Gasteiger partial charge in [-0.15, -0.1) is 0 Å². The topological polar surface area (TPSA) is 62.8 Å². The molecule has 0 aromatic heterocycles. The van der Waals surface area contributed by atoms with Gasteiger partial charge in [0.1, 0.15) is 12.2 Å². The van der Waals surface area contributed by atoms with Crippen molar-refractivity contribution in [3.63, 3.8) is 0 Å². The second-order valence-corrected chi connectivity index (χ2v) is 2.20. The lowest BCUT2D eigenvalue weighted by Crippen LogP contribution is -2.16. The maximum absolute atomic E-state index is 5.00. The lowest BCUT2D eigenvalue weighted by Gasteiger charge is -2.00. The summed E-state index contributed by atoms with van der Waals surface area (Å²) in [5.41, 5.74) is 7.66. The van der Waals surface area contributed by atoms with E-state index in [1.165, 1.54) is 6.34 Å². The molecule has 0 heterocycles. The van der Waals surface area contributed by atoms with Crippen LogP contribution in [0.1, 0.15) is 20.8 Å². The Bertz CT molecular complexity index is 137. The van der Waals surface area contributed by atoms with Crippen molar-refractivity contribution < 1.29 is 0 Å². The van der Waals surface area contributed by atoms with Gasteiger partial charge >= 0.3 is 0 Å². The average molecular weight is 142 g/mol. The highest BCUT2D eigenvalue weighted by Gasteiger charge is 1.88. The highest BCUT2D eigenvalue weighted by Crippen LogP contribution is 1.85. The van der Waals surface area contributed by atoms with Gasteiger partial charge in [0.05, 0.1) is 0 Å². The van der Waals surface area contributed by atoms with Crippen LogP contribution in [0.5, 0.6) is 0 Å². The molecule has 0 aliphatic heterocycles. The third kappa shape index (κ3) is 5.08. The maximum Gasteiger partial charge on any atom is 0.114 e. The van der Waals surface area contributed by atoms with Crippen molar-refractivity contribution >= 4 is 12.2 Å². The van der Waals surface area contributed by atoms with Crippen molar-refractivity contribution in [2.45, 2.75) is 26.8 Å². The van der Waals surface area contributed by atoms with Crippen LogP contribution in [0, 0.1) is 0 Å². The molecule has 0 spiro atoms. The van der Waals surface area contributed by atoms with Gasteiger partial charge in [0.25, 0.3) is 0 Å². The van der Waals surface area contributed by atoms with Crippen LogP contribution in [0.25, 0.3) is 0 Å². The normalized spacial score (nSPS) is 13.0. The molecule has 10 heavy (non-hydrogen) atoms. The molecule has 0 fully saturated rings. The Morgan fingerprint density at radius 1 is 1.60 bits per heavy atom. The number of hydrogen-bond acceptors (Lipinski definition) is 2. The van der Waals surface area contributed by atoms with Gasteiger partial charge in [-0.05, 0) is 20.8 Å². The van der Waals surface area contributed by atoms with Gasteiger partial charge in [0, 0.05) is 6.04 Å². The SMILES string of the molecule is CC(=NC(C)C)N/N=C\N. The van der Waals surface area contributed by atoms with Crippen molar-refractivity contribution in [3.8, 4) is 0 Å². The van der Waals surface area contributed by atoms with E-state index in [4.69, 9.17) is 5.73 Å². The smallest absolute Gasteiger partial charge is 0.114 e. The molecule has 0 aliphatic carbocycles. The Morgan fingerprint density at radius 3 is 2.60 bits per heavy atom. The first-order valence-electron chi connectivity index (χ1n) is 3.20. The summed E-state index contributed by atoms with van der Waals surface area (Å²) in [5, 5.41) is 3.60. The Balaban J connectivity index is 3.71. The minimum atomic E-state index is 0.292.